The number of nitrogens with zero attached hydrogens (tertiary/aromatic N) is 3. The molecule has 0 unspecified atom stereocenters. The van der Waals surface area contributed by atoms with Crippen LogP contribution in [0, 0.1) is 5.92 Å². The van der Waals surface area contributed by atoms with Gasteiger partial charge in [-0.05, 0) is 18.8 Å². The molecule has 1 aliphatic heterocycles. The molecule has 1 aromatic heterocycles. The molecule has 0 radical (unpaired) electrons. The van der Waals surface area contributed by atoms with Crippen molar-refractivity contribution in [2.75, 3.05) is 40.0 Å². The van der Waals surface area contributed by atoms with Gasteiger partial charge in [-0.1, -0.05) is 18.0 Å². The number of carbonyl (C=O) groups is 1. The van der Waals surface area contributed by atoms with Gasteiger partial charge in [-0.25, -0.2) is 0 Å². The van der Waals surface area contributed by atoms with E-state index in [4.69, 9.17) is 14.0 Å². The number of amides is 1. The summed E-state index contributed by atoms with van der Waals surface area (Å²) in [6.07, 6.45) is 5.95. The molecule has 2 heterocycles. The molecule has 1 saturated carbocycles. The Balaban J connectivity index is 1.35. The van der Waals surface area contributed by atoms with Crippen LogP contribution in [0.2, 0.25) is 0 Å². The van der Waals surface area contributed by atoms with Crippen LogP contribution in [0.5, 0.6) is 0 Å². The number of aromatic nitrogens is 2. The van der Waals surface area contributed by atoms with E-state index in [-0.39, 0.29) is 18.4 Å². The fourth-order valence-corrected chi connectivity index (χ4v) is 3.18. The molecule has 128 valence electrons. The van der Waals surface area contributed by atoms with Crippen molar-refractivity contribution in [2.24, 2.45) is 5.92 Å². The molecule has 1 amide bonds. The van der Waals surface area contributed by atoms with Crippen LogP contribution in [-0.4, -0.2) is 61.0 Å². The smallest absolute Gasteiger partial charge is 0.248 e. The van der Waals surface area contributed by atoms with Crippen LogP contribution < -0.4 is 0 Å². The minimum Gasteiger partial charge on any atom is -0.381 e. The molecule has 1 saturated heterocycles. The van der Waals surface area contributed by atoms with Crippen LogP contribution in [-0.2, 0) is 20.7 Å². The number of rotatable bonds is 8. The highest BCUT2D eigenvalue weighted by molar-refractivity contribution is 5.78. The molecule has 2 fully saturated rings. The summed E-state index contributed by atoms with van der Waals surface area (Å²) in [4.78, 5) is 17.8. The summed E-state index contributed by atoms with van der Waals surface area (Å²) in [5.41, 5.74) is 0. The molecule has 0 atom stereocenters. The van der Waals surface area contributed by atoms with Crippen molar-refractivity contribution in [3.8, 4) is 0 Å². The largest absolute Gasteiger partial charge is 0.381 e. The van der Waals surface area contributed by atoms with Gasteiger partial charge in [-0.2, -0.15) is 4.98 Å². The zero-order valence-corrected chi connectivity index (χ0v) is 13.7. The number of hydrogen-bond donors (Lipinski definition) is 0. The van der Waals surface area contributed by atoms with Gasteiger partial charge in [0.05, 0.1) is 12.5 Å². The number of carbonyl (C=O) groups excluding carboxylic acids is 1. The van der Waals surface area contributed by atoms with Crippen molar-refractivity contribution in [3.63, 3.8) is 0 Å². The van der Waals surface area contributed by atoms with Gasteiger partial charge in [0.25, 0.3) is 0 Å². The quantitative estimate of drug-likeness (QED) is 0.673. The van der Waals surface area contributed by atoms with Crippen LogP contribution >= 0.6 is 0 Å². The molecular formula is C16H25N3O4. The van der Waals surface area contributed by atoms with Gasteiger partial charge < -0.3 is 18.9 Å². The van der Waals surface area contributed by atoms with Gasteiger partial charge in [0.15, 0.2) is 5.82 Å². The van der Waals surface area contributed by atoms with E-state index in [0.29, 0.717) is 37.8 Å². The SMILES string of the molecule is COCC(=O)N1CC(c2nc(CCOCC3CCCC3)no2)C1. The highest BCUT2D eigenvalue weighted by Gasteiger charge is 2.35. The van der Waals surface area contributed by atoms with Gasteiger partial charge in [-0.3, -0.25) is 4.79 Å². The van der Waals surface area contributed by atoms with Gasteiger partial charge in [0, 0.05) is 33.2 Å². The first kappa shape index (κ1) is 16.4. The van der Waals surface area contributed by atoms with Gasteiger partial charge in [0.1, 0.15) is 6.61 Å². The second-order valence-electron chi connectivity index (χ2n) is 6.45. The first-order valence-electron chi connectivity index (χ1n) is 8.43. The van der Waals surface area contributed by atoms with Crippen LogP contribution in [0.15, 0.2) is 4.52 Å². The Kier molecular flexibility index (Phi) is 5.61. The average molecular weight is 323 g/mol. The number of methoxy groups -OCH3 is 1. The second kappa shape index (κ2) is 7.88. The lowest BCUT2D eigenvalue weighted by Gasteiger charge is -2.36. The van der Waals surface area contributed by atoms with Crippen molar-refractivity contribution in [1.82, 2.24) is 15.0 Å². The number of hydrogen-bond acceptors (Lipinski definition) is 6. The number of ether oxygens (including phenoxy) is 2. The van der Waals surface area contributed by atoms with E-state index in [9.17, 15) is 4.79 Å². The Labute approximate surface area is 136 Å². The third kappa shape index (κ3) is 4.29. The third-order valence-electron chi connectivity index (χ3n) is 4.63. The summed E-state index contributed by atoms with van der Waals surface area (Å²) < 4.78 is 15.9. The predicted molar refractivity (Wildman–Crippen MR) is 82.0 cm³/mol. The molecule has 23 heavy (non-hydrogen) atoms. The molecular weight excluding hydrogens is 298 g/mol. The Hall–Kier alpha value is -1.47. The molecule has 3 rings (SSSR count). The Morgan fingerprint density at radius 2 is 2.13 bits per heavy atom. The van der Waals surface area contributed by atoms with E-state index >= 15 is 0 Å². The van der Waals surface area contributed by atoms with Crippen molar-refractivity contribution in [1.29, 1.82) is 0 Å². The van der Waals surface area contributed by atoms with E-state index in [2.05, 4.69) is 10.1 Å². The summed E-state index contributed by atoms with van der Waals surface area (Å²) in [6.45, 7) is 2.87. The number of likely N-dealkylation sites (tertiary alicyclic amines) is 1. The molecule has 0 aromatic carbocycles. The van der Waals surface area contributed by atoms with Gasteiger partial charge in [-0.15, -0.1) is 0 Å². The topological polar surface area (TPSA) is 77.7 Å². The van der Waals surface area contributed by atoms with Crippen LogP contribution in [0.1, 0.15) is 43.3 Å². The summed E-state index contributed by atoms with van der Waals surface area (Å²) in [6, 6.07) is 0. The van der Waals surface area contributed by atoms with E-state index in [1.54, 1.807) is 4.90 Å². The maximum absolute atomic E-state index is 11.6. The highest BCUT2D eigenvalue weighted by Crippen LogP contribution is 2.26. The summed E-state index contributed by atoms with van der Waals surface area (Å²) in [5.74, 6) is 2.20. The zero-order chi connectivity index (χ0) is 16.1. The fourth-order valence-electron chi connectivity index (χ4n) is 3.18. The van der Waals surface area contributed by atoms with E-state index in [0.717, 1.165) is 12.5 Å². The molecule has 7 nitrogen and oxygen atoms in total. The summed E-state index contributed by atoms with van der Waals surface area (Å²) in [7, 11) is 1.52. The molecule has 0 N–H and O–H groups in total. The maximum atomic E-state index is 11.6. The molecule has 2 aliphatic rings. The lowest BCUT2D eigenvalue weighted by atomic mass is 10.0. The second-order valence-corrected chi connectivity index (χ2v) is 6.45. The third-order valence-corrected chi connectivity index (χ3v) is 4.63. The predicted octanol–water partition coefficient (Wildman–Crippen LogP) is 1.39. The average Bonchev–Trinajstić information content (AvgIpc) is 3.14. The molecule has 1 aromatic rings. The normalized spacial score (nSPS) is 19.3. The van der Waals surface area contributed by atoms with Gasteiger partial charge in [0.2, 0.25) is 11.8 Å². The van der Waals surface area contributed by atoms with Crippen molar-refractivity contribution in [2.45, 2.75) is 38.0 Å². The molecule has 7 heteroatoms. The lowest BCUT2D eigenvalue weighted by molar-refractivity contribution is -0.140. The molecule has 0 bridgehead atoms. The molecule has 1 aliphatic carbocycles. The van der Waals surface area contributed by atoms with Crippen LogP contribution in [0.3, 0.4) is 0 Å². The van der Waals surface area contributed by atoms with Crippen LogP contribution in [0.25, 0.3) is 0 Å². The highest BCUT2D eigenvalue weighted by atomic mass is 16.5. The van der Waals surface area contributed by atoms with Crippen molar-refractivity contribution >= 4 is 5.91 Å². The summed E-state index contributed by atoms with van der Waals surface area (Å²) >= 11 is 0. The Morgan fingerprint density at radius 1 is 1.35 bits per heavy atom. The van der Waals surface area contributed by atoms with Crippen molar-refractivity contribution < 1.29 is 18.8 Å². The molecule has 0 spiro atoms. The van der Waals surface area contributed by atoms with Crippen molar-refractivity contribution in [3.05, 3.63) is 11.7 Å². The first-order valence-corrected chi connectivity index (χ1v) is 8.43. The van der Waals surface area contributed by atoms with E-state index in [1.165, 1.54) is 32.8 Å². The minimum absolute atomic E-state index is 0.00352. The monoisotopic (exact) mass is 323 g/mol. The Bertz CT molecular complexity index is 507. The maximum Gasteiger partial charge on any atom is 0.248 e. The Morgan fingerprint density at radius 3 is 2.87 bits per heavy atom. The fraction of sp³-hybridized carbons (Fsp3) is 0.812. The van der Waals surface area contributed by atoms with E-state index in [1.807, 2.05) is 0 Å². The first-order chi connectivity index (χ1) is 11.3. The zero-order valence-electron chi connectivity index (χ0n) is 13.7. The van der Waals surface area contributed by atoms with Gasteiger partial charge >= 0.3 is 0 Å². The standard InChI is InChI=1S/C16H25N3O4/c1-21-11-15(20)19-8-13(9-19)16-17-14(18-23-16)6-7-22-10-12-4-2-3-5-12/h12-13H,2-11H2,1H3. The van der Waals surface area contributed by atoms with Crippen LogP contribution in [0.4, 0.5) is 0 Å². The van der Waals surface area contributed by atoms with E-state index < -0.39 is 0 Å². The summed E-state index contributed by atoms with van der Waals surface area (Å²) in [5, 5.41) is 4.00. The lowest BCUT2D eigenvalue weighted by Crippen LogP contribution is -2.49. The minimum atomic E-state index is 0.00352.